The third kappa shape index (κ3) is 6.08. The Balaban J connectivity index is 1.67. The van der Waals surface area contributed by atoms with Crippen molar-refractivity contribution in [1.29, 1.82) is 0 Å². The van der Waals surface area contributed by atoms with Crippen LogP contribution in [0.2, 0.25) is 0 Å². The van der Waals surface area contributed by atoms with Gasteiger partial charge in [-0.1, -0.05) is 38.1 Å². The van der Waals surface area contributed by atoms with Crippen molar-refractivity contribution >= 4 is 5.91 Å². The molecular weight excluding hydrogens is 374 g/mol. The molecule has 29 heavy (non-hydrogen) atoms. The molecule has 1 aliphatic heterocycles. The van der Waals surface area contributed by atoms with Gasteiger partial charge in [0, 0.05) is 32.7 Å². The highest BCUT2D eigenvalue weighted by Gasteiger charge is 2.27. The lowest BCUT2D eigenvalue weighted by atomic mass is 10.1. The van der Waals surface area contributed by atoms with Crippen LogP contribution >= 0.6 is 0 Å². The normalized spacial score (nSPS) is 17.5. The van der Waals surface area contributed by atoms with Crippen molar-refractivity contribution in [1.82, 2.24) is 9.80 Å². The third-order valence-electron chi connectivity index (χ3n) is 4.92. The molecule has 4 nitrogen and oxygen atoms in total. The lowest BCUT2D eigenvalue weighted by Crippen LogP contribution is -2.49. The molecule has 156 valence electrons. The molecule has 1 atom stereocenters. The van der Waals surface area contributed by atoms with Crippen molar-refractivity contribution in [2.75, 3.05) is 32.8 Å². The molecule has 3 rings (SSSR count). The van der Waals surface area contributed by atoms with Crippen LogP contribution in [0.25, 0.3) is 0 Å². The number of ether oxygens (including phenoxy) is 1. The maximum Gasteiger partial charge on any atom is 0.256 e. The number of hydrogen-bond donors (Lipinski definition) is 0. The summed E-state index contributed by atoms with van der Waals surface area (Å²) in [4.78, 5) is 16.8. The van der Waals surface area contributed by atoms with Gasteiger partial charge >= 0.3 is 0 Å². The molecule has 2 aromatic carbocycles. The fourth-order valence-corrected chi connectivity index (χ4v) is 3.66. The van der Waals surface area contributed by atoms with Gasteiger partial charge in [0.05, 0.1) is 18.3 Å². The molecule has 0 aromatic heterocycles. The van der Waals surface area contributed by atoms with Crippen LogP contribution in [-0.4, -0.2) is 54.6 Å². The monoisotopic (exact) mass is 402 g/mol. The topological polar surface area (TPSA) is 32.8 Å². The molecule has 6 heteroatoms. The number of halogens is 2. The molecule has 2 aromatic rings. The van der Waals surface area contributed by atoms with Crippen molar-refractivity contribution in [3.63, 3.8) is 0 Å². The van der Waals surface area contributed by atoms with E-state index in [1.165, 1.54) is 24.3 Å². The Morgan fingerprint density at radius 1 is 1.21 bits per heavy atom. The molecular formula is C23H28F2N2O2. The number of rotatable bonds is 7. The maximum atomic E-state index is 14.1. The van der Waals surface area contributed by atoms with Gasteiger partial charge in [0.1, 0.15) is 11.6 Å². The van der Waals surface area contributed by atoms with Crippen molar-refractivity contribution in [2.24, 2.45) is 5.92 Å². The Bertz CT molecular complexity index is 828. The predicted octanol–water partition coefficient (Wildman–Crippen LogP) is 3.96. The van der Waals surface area contributed by atoms with Gasteiger partial charge in [0.25, 0.3) is 5.91 Å². The summed E-state index contributed by atoms with van der Waals surface area (Å²) in [6.45, 7) is 7.53. The number of benzene rings is 2. The summed E-state index contributed by atoms with van der Waals surface area (Å²) in [7, 11) is 0. The van der Waals surface area contributed by atoms with E-state index < -0.39 is 5.82 Å². The Hall–Kier alpha value is -2.31. The highest BCUT2D eigenvalue weighted by atomic mass is 19.1. The lowest BCUT2D eigenvalue weighted by molar-refractivity contribution is -0.0438. The number of amides is 1. The first-order valence-electron chi connectivity index (χ1n) is 10.0. The van der Waals surface area contributed by atoms with E-state index in [9.17, 15) is 13.6 Å². The van der Waals surface area contributed by atoms with Crippen molar-refractivity contribution in [3.8, 4) is 0 Å². The van der Waals surface area contributed by atoms with Crippen LogP contribution in [0.3, 0.4) is 0 Å². The minimum Gasteiger partial charge on any atom is -0.374 e. The number of carbonyl (C=O) groups excluding carboxylic acids is 1. The molecule has 1 heterocycles. The SMILES string of the molecule is CC(C)CN(C[C@H]1CN(Cc2cccc(F)c2)CCO1)C(=O)c1ccccc1F. The van der Waals surface area contributed by atoms with E-state index in [1.807, 2.05) is 19.9 Å². The molecule has 0 N–H and O–H groups in total. The van der Waals surface area contributed by atoms with E-state index in [0.29, 0.717) is 32.8 Å². The Morgan fingerprint density at radius 3 is 2.72 bits per heavy atom. The second-order valence-electron chi connectivity index (χ2n) is 7.94. The second kappa shape index (κ2) is 9.94. The number of morpholine rings is 1. The largest absolute Gasteiger partial charge is 0.374 e. The zero-order valence-corrected chi connectivity index (χ0v) is 17.0. The van der Waals surface area contributed by atoms with Crippen LogP contribution in [0.4, 0.5) is 8.78 Å². The van der Waals surface area contributed by atoms with E-state index >= 15 is 0 Å². The molecule has 0 unspecified atom stereocenters. The number of carbonyl (C=O) groups is 1. The highest BCUT2D eigenvalue weighted by Crippen LogP contribution is 2.16. The number of hydrogen-bond acceptors (Lipinski definition) is 3. The molecule has 1 amide bonds. The van der Waals surface area contributed by atoms with Gasteiger partial charge in [-0.25, -0.2) is 8.78 Å². The first kappa shape index (κ1) is 21.4. The molecule has 0 bridgehead atoms. The standard InChI is InChI=1S/C23H28F2N2O2/c1-17(2)13-27(23(28)21-8-3-4-9-22(21)25)16-20-15-26(10-11-29-20)14-18-6-5-7-19(24)12-18/h3-9,12,17,20H,10-11,13-16H2,1-2H3/t20-/m1/s1. The molecule has 1 saturated heterocycles. The summed E-state index contributed by atoms with van der Waals surface area (Å²) in [6.07, 6.45) is -0.174. The first-order chi connectivity index (χ1) is 13.9. The van der Waals surface area contributed by atoms with Gasteiger partial charge in [-0.3, -0.25) is 9.69 Å². The Kier molecular flexibility index (Phi) is 7.34. The van der Waals surface area contributed by atoms with Crippen molar-refractivity contribution in [3.05, 3.63) is 71.3 Å². The molecule has 0 saturated carbocycles. The van der Waals surface area contributed by atoms with Gasteiger partial charge < -0.3 is 9.64 Å². The summed E-state index contributed by atoms with van der Waals surface area (Å²) >= 11 is 0. The van der Waals surface area contributed by atoms with Gasteiger partial charge in [-0.2, -0.15) is 0 Å². The Morgan fingerprint density at radius 2 is 2.00 bits per heavy atom. The van der Waals surface area contributed by atoms with Crippen molar-refractivity contribution in [2.45, 2.75) is 26.5 Å². The van der Waals surface area contributed by atoms with E-state index in [-0.39, 0.29) is 29.3 Å². The summed E-state index contributed by atoms with van der Waals surface area (Å²) in [5, 5.41) is 0. The number of nitrogens with zero attached hydrogens (tertiary/aromatic N) is 2. The molecule has 0 aliphatic carbocycles. The van der Waals surface area contributed by atoms with Crippen molar-refractivity contribution < 1.29 is 18.3 Å². The van der Waals surface area contributed by atoms with Crippen LogP contribution in [0.1, 0.15) is 29.8 Å². The molecule has 0 spiro atoms. The minimum atomic E-state index is -0.511. The second-order valence-corrected chi connectivity index (χ2v) is 7.94. The van der Waals surface area contributed by atoms with E-state index in [1.54, 1.807) is 23.1 Å². The summed E-state index contributed by atoms with van der Waals surface area (Å²) < 4.78 is 33.5. The van der Waals surface area contributed by atoms with Gasteiger partial charge in [0.15, 0.2) is 0 Å². The average Bonchev–Trinajstić information content (AvgIpc) is 2.67. The van der Waals surface area contributed by atoms with Crippen LogP contribution in [0.5, 0.6) is 0 Å². The zero-order chi connectivity index (χ0) is 20.8. The molecule has 0 radical (unpaired) electrons. The smallest absolute Gasteiger partial charge is 0.256 e. The van der Waals surface area contributed by atoms with Crippen LogP contribution in [0.15, 0.2) is 48.5 Å². The van der Waals surface area contributed by atoms with E-state index in [2.05, 4.69) is 4.90 Å². The zero-order valence-electron chi connectivity index (χ0n) is 17.0. The fourth-order valence-electron chi connectivity index (χ4n) is 3.66. The quantitative estimate of drug-likeness (QED) is 0.703. The summed E-state index contributed by atoms with van der Waals surface area (Å²) in [6, 6.07) is 12.7. The third-order valence-corrected chi connectivity index (χ3v) is 4.92. The Labute approximate surface area is 171 Å². The lowest BCUT2D eigenvalue weighted by Gasteiger charge is -2.36. The van der Waals surface area contributed by atoms with E-state index in [0.717, 1.165) is 12.1 Å². The van der Waals surface area contributed by atoms with Gasteiger partial charge in [0.2, 0.25) is 0 Å². The van der Waals surface area contributed by atoms with Crippen LogP contribution < -0.4 is 0 Å². The summed E-state index contributed by atoms with van der Waals surface area (Å²) in [5.74, 6) is -0.824. The maximum absolute atomic E-state index is 14.1. The van der Waals surface area contributed by atoms with Gasteiger partial charge in [-0.05, 0) is 35.7 Å². The van der Waals surface area contributed by atoms with Gasteiger partial charge in [-0.15, -0.1) is 0 Å². The molecule has 1 fully saturated rings. The average molecular weight is 402 g/mol. The highest BCUT2D eigenvalue weighted by molar-refractivity contribution is 5.94. The first-order valence-corrected chi connectivity index (χ1v) is 10.0. The predicted molar refractivity (Wildman–Crippen MR) is 109 cm³/mol. The van der Waals surface area contributed by atoms with Crippen LogP contribution in [-0.2, 0) is 11.3 Å². The summed E-state index contributed by atoms with van der Waals surface area (Å²) in [5.41, 5.74) is 0.993. The van der Waals surface area contributed by atoms with Crippen LogP contribution in [0, 0.1) is 17.6 Å². The fraction of sp³-hybridized carbons (Fsp3) is 0.435. The van der Waals surface area contributed by atoms with E-state index in [4.69, 9.17) is 4.74 Å². The molecule has 1 aliphatic rings. The minimum absolute atomic E-state index is 0.0839.